The van der Waals surface area contributed by atoms with Crippen LogP contribution in [0.2, 0.25) is 0 Å². The third-order valence-electron chi connectivity index (χ3n) is 2.04. The number of rotatable bonds is 4. The Morgan fingerprint density at radius 1 is 1.20 bits per heavy atom. The molecule has 0 aliphatic heterocycles. The molecule has 0 bridgehead atoms. The van der Waals surface area contributed by atoms with Gasteiger partial charge in [-0.05, 0) is 24.5 Å². The maximum Gasteiger partial charge on any atom is 0.0714 e. The third-order valence-corrected chi connectivity index (χ3v) is 2.04. The van der Waals surface area contributed by atoms with Gasteiger partial charge in [0.1, 0.15) is 0 Å². The largest absolute Gasteiger partial charge is 0.284 e. The van der Waals surface area contributed by atoms with Crippen molar-refractivity contribution in [1.82, 2.24) is 0 Å². The second-order valence-corrected chi connectivity index (χ2v) is 3.38. The Labute approximate surface area is 92.2 Å². The van der Waals surface area contributed by atoms with E-state index in [4.69, 9.17) is 0 Å². The molecule has 0 N–H and O–H groups in total. The van der Waals surface area contributed by atoms with Gasteiger partial charge in [0.25, 0.3) is 0 Å². The minimum Gasteiger partial charge on any atom is -0.284 e. The summed E-state index contributed by atoms with van der Waals surface area (Å²) in [5.74, 6) is 5.97. The van der Waals surface area contributed by atoms with Crippen LogP contribution in [0.15, 0.2) is 35.3 Å². The summed E-state index contributed by atoms with van der Waals surface area (Å²) in [6.45, 7) is 3.09. The topological polar surface area (TPSA) is 12.4 Å². The molecule has 1 heteroatoms. The molecule has 0 aliphatic rings. The van der Waals surface area contributed by atoms with Crippen molar-refractivity contribution in [1.29, 1.82) is 0 Å². The van der Waals surface area contributed by atoms with Crippen LogP contribution in [0.5, 0.6) is 0 Å². The standard InChI is InChI=1S/C14H17N/c1-2-3-7-12-15-13-8-11-14-9-5-4-6-10-14/h4-6,9-10,13H,2-3,7,12H2,1H3. The molecule has 1 aromatic rings. The van der Waals surface area contributed by atoms with Gasteiger partial charge in [0, 0.05) is 12.1 Å². The molecule has 0 spiro atoms. The maximum absolute atomic E-state index is 4.23. The highest BCUT2D eigenvalue weighted by molar-refractivity contribution is 5.79. The van der Waals surface area contributed by atoms with Crippen molar-refractivity contribution in [3.8, 4) is 11.8 Å². The van der Waals surface area contributed by atoms with Gasteiger partial charge in [-0.3, -0.25) is 4.99 Å². The number of unbranched alkanes of at least 4 members (excludes halogenated alkanes) is 2. The Bertz CT molecular complexity index is 341. The van der Waals surface area contributed by atoms with Crippen molar-refractivity contribution in [3.05, 3.63) is 35.9 Å². The van der Waals surface area contributed by atoms with Gasteiger partial charge in [-0.2, -0.15) is 0 Å². The fourth-order valence-electron chi connectivity index (χ4n) is 1.20. The molecule has 0 heterocycles. The van der Waals surface area contributed by atoms with Gasteiger partial charge in [0.15, 0.2) is 0 Å². The fourth-order valence-corrected chi connectivity index (χ4v) is 1.20. The lowest BCUT2D eigenvalue weighted by molar-refractivity contribution is 0.729. The molecular weight excluding hydrogens is 182 g/mol. The van der Waals surface area contributed by atoms with Crippen molar-refractivity contribution in [2.45, 2.75) is 26.2 Å². The summed E-state index contributed by atoms with van der Waals surface area (Å²) >= 11 is 0. The predicted octanol–water partition coefficient (Wildman–Crippen LogP) is 3.30. The van der Waals surface area contributed by atoms with Crippen LogP contribution in [0.3, 0.4) is 0 Å². The van der Waals surface area contributed by atoms with Gasteiger partial charge in [-0.15, -0.1) is 0 Å². The van der Waals surface area contributed by atoms with E-state index in [1.165, 1.54) is 19.3 Å². The van der Waals surface area contributed by atoms with E-state index >= 15 is 0 Å². The number of nitrogens with zero attached hydrogens (tertiary/aromatic N) is 1. The van der Waals surface area contributed by atoms with E-state index in [9.17, 15) is 0 Å². The molecule has 0 fully saturated rings. The summed E-state index contributed by atoms with van der Waals surface area (Å²) < 4.78 is 0. The first-order valence-electron chi connectivity index (χ1n) is 5.48. The van der Waals surface area contributed by atoms with E-state index in [1.54, 1.807) is 6.21 Å². The monoisotopic (exact) mass is 199 g/mol. The molecule has 0 aliphatic carbocycles. The number of hydrogen-bond donors (Lipinski definition) is 0. The van der Waals surface area contributed by atoms with Crippen molar-refractivity contribution < 1.29 is 0 Å². The second kappa shape index (κ2) is 7.82. The number of aliphatic imine (C=N–C) groups is 1. The molecule has 0 amide bonds. The molecule has 0 saturated heterocycles. The van der Waals surface area contributed by atoms with E-state index in [0.29, 0.717) is 0 Å². The van der Waals surface area contributed by atoms with E-state index in [1.807, 2.05) is 30.3 Å². The van der Waals surface area contributed by atoms with Gasteiger partial charge in [0.2, 0.25) is 0 Å². The predicted molar refractivity (Wildman–Crippen MR) is 66.2 cm³/mol. The molecule has 0 saturated carbocycles. The van der Waals surface area contributed by atoms with Crippen LogP contribution in [0.25, 0.3) is 0 Å². The van der Waals surface area contributed by atoms with Gasteiger partial charge in [-0.1, -0.05) is 43.9 Å². The normalized spacial score (nSPS) is 9.93. The Morgan fingerprint density at radius 3 is 2.73 bits per heavy atom. The molecule has 0 radical (unpaired) electrons. The first-order chi connectivity index (χ1) is 7.43. The average Bonchev–Trinajstić information content (AvgIpc) is 2.29. The van der Waals surface area contributed by atoms with Crippen molar-refractivity contribution in [2.75, 3.05) is 6.54 Å². The summed E-state index contributed by atoms with van der Waals surface area (Å²) in [4.78, 5) is 4.23. The second-order valence-electron chi connectivity index (χ2n) is 3.38. The zero-order valence-corrected chi connectivity index (χ0v) is 9.24. The summed E-state index contributed by atoms with van der Waals surface area (Å²) in [5.41, 5.74) is 1.04. The first kappa shape index (κ1) is 11.5. The minimum atomic E-state index is 0.900. The summed E-state index contributed by atoms with van der Waals surface area (Å²) in [7, 11) is 0. The van der Waals surface area contributed by atoms with E-state index in [0.717, 1.165) is 12.1 Å². The molecule has 78 valence electrons. The van der Waals surface area contributed by atoms with Crippen molar-refractivity contribution >= 4 is 6.21 Å². The lowest BCUT2D eigenvalue weighted by atomic mass is 10.2. The lowest BCUT2D eigenvalue weighted by Crippen LogP contribution is -1.80. The SMILES string of the molecule is CCCCCN=CC#Cc1ccccc1. The lowest BCUT2D eigenvalue weighted by Gasteiger charge is -1.89. The molecular formula is C14H17N. The molecule has 0 unspecified atom stereocenters. The first-order valence-corrected chi connectivity index (χ1v) is 5.48. The van der Waals surface area contributed by atoms with Crippen LogP contribution in [0.1, 0.15) is 31.7 Å². The van der Waals surface area contributed by atoms with Crippen LogP contribution in [0, 0.1) is 11.8 Å². The van der Waals surface area contributed by atoms with Crippen LogP contribution >= 0.6 is 0 Å². The van der Waals surface area contributed by atoms with Crippen LogP contribution < -0.4 is 0 Å². The van der Waals surface area contributed by atoms with E-state index < -0.39 is 0 Å². The van der Waals surface area contributed by atoms with Gasteiger partial charge in [-0.25, -0.2) is 0 Å². The van der Waals surface area contributed by atoms with Gasteiger partial charge >= 0.3 is 0 Å². The van der Waals surface area contributed by atoms with Crippen LogP contribution in [-0.2, 0) is 0 Å². The van der Waals surface area contributed by atoms with E-state index in [2.05, 4.69) is 23.8 Å². The average molecular weight is 199 g/mol. The molecule has 1 nitrogen and oxygen atoms in total. The fraction of sp³-hybridized carbons (Fsp3) is 0.357. The molecule has 1 rings (SSSR count). The number of benzene rings is 1. The van der Waals surface area contributed by atoms with Crippen LogP contribution in [-0.4, -0.2) is 12.8 Å². The Hall–Kier alpha value is -1.55. The quantitative estimate of drug-likeness (QED) is 0.401. The highest BCUT2D eigenvalue weighted by Crippen LogP contribution is 1.94. The highest BCUT2D eigenvalue weighted by atomic mass is 14.7. The van der Waals surface area contributed by atoms with Gasteiger partial charge in [0.05, 0.1) is 6.21 Å². The Morgan fingerprint density at radius 2 is 2.00 bits per heavy atom. The van der Waals surface area contributed by atoms with E-state index in [-0.39, 0.29) is 0 Å². The van der Waals surface area contributed by atoms with Crippen LogP contribution in [0.4, 0.5) is 0 Å². The van der Waals surface area contributed by atoms with Gasteiger partial charge < -0.3 is 0 Å². The smallest absolute Gasteiger partial charge is 0.0714 e. The Kier molecular flexibility index (Phi) is 6.01. The summed E-state index contributed by atoms with van der Waals surface area (Å²) in [5, 5.41) is 0. The van der Waals surface area contributed by atoms with Crippen molar-refractivity contribution in [2.24, 2.45) is 4.99 Å². The third kappa shape index (κ3) is 5.70. The summed E-state index contributed by atoms with van der Waals surface area (Å²) in [6, 6.07) is 9.96. The zero-order chi connectivity index (χ0) is 10.8. The maximum atomic E-state index is 4.23. The van der Waals surface area contributed by atoms with Crippen molar-refractivity contribution in [3.63, 3.8) is 0 Å². The molecule has 0 atom stereocenters. The zero-order valence-electron chi connectivity index (χ0n) is 9.24. The Balaban J connectivity index is 2.28. The minimum absolute atomic E-state index is 0.900. The molecule has 1 aromatic carbocycles. The summed E-state index contributed by atoms with van der Waals surface area (Å²) in [6.07, 6.45) is 5.37. The number of hydrogen-bond acceptors (Lipinski definition) is 1. The highest BCUT2D eigenvalue weighted by Gasteiger charge is 1.81. The molecule has 15 heavy (non-hydrogen) atoms. The molecule has 0 aromatic heterocycles.